The minimum absolute atomic E-state index is 0.118. The number of carboxylic acid groups (broad SMARTS) is 1. The standard InChI is InChI=1S/C26H29FO7/c1-14-11-18-17-7-6-15-12-16(28)8-9-23(15,2)25(17,27)20(29)13-24(18,3)26(14,22(31)32)34-21(30)19-5-4-10-33-19/h4-5,8-10,12,14,17-18,20,29H,6-7,11,13H2,1-3H3,(H,31,32)/t14-,17?,18?,20+,23+,24+,25+,26+/m1/s1. The Morgan fingerprint density at radius 3 is 2.65 bits per heavy atom. The van der Waals surface area contributed by atoms with E-state index >= 15 is 4.39 Å². The minimum Gasteiger partial charge on any atom is -0.478 e. The van der Waals surface area contributed by atoms with Crippen molar-refractivity contribution in [3.63, 3.8) is 0 Å². The molecule has 0 bridgehead atoms. The number of carboxylic acids is 1. The third kappa shape index (κ3) is 2.58. The highest BCUT2D eigenvalue weighted by molar-refractivity contribution is 6.01. The van der Waals surface area contributed by atoms with Gasteiger partial charge in [-0.3, -0.25) is 4.79 Å². The van der Waals surface area contributed by atoms with Gasteiger partial charge in [0.25, 0.3) is 0 Å². The van der Waals surface area contributed by atoms with Gasteiger partial charge in [0.05, 0.1) is 12.4 Å². The molecule has 0 spiro atoms. The number of hydrogen-bond donors (Lipinski definition) is 2. The van der Waals surface area contributed by atoms with Crippen LogP contribution >= 0.6 is 0 Å². The molecular formula is C26H29FO7. The first kappa shape index (κ1) is 23.0. The van der Waals surface area contributed by atoms with Crippen molar-refractivity contribution in [1.29, 1.82) is 0 Å². The fourth-order valence-electron chi connectivity index (χ4n) is 7.84. The van der Waals surface area contributed by atoms with Gasteiger partial charge < -0.3 is 19.4 Å². The summed E-state index contributed by atoms with van der Waals surface area (Å²) in [6, 6.07) is 2.90. The zero-order chi connectivity index (χ0) is 24.7. The Morgan fingerprint density at radius 2 is 2.00 bits per heavy atom. The largest absolute Gasteiger partial charge is 0.478 e. The molecule has 1 aromatic rings. The van der Waals surface area contributed by atoms with Crippen LogP contribution in [0, 0.1) is 28.6 Å². The van der Waals surface area contributed by atoms with Crippen molar-refractivity contribution >= 4 is 17.7 Å². The number of esters is 1. The normalized spacial score (nSPS) is 45.1. The summed E-state index contributed by atoms with van der Waals surface area (Å²) in [5.41, 5.74) is -5.78. The molecule has 0 aromatic carbocycles. The smallest absolute Gasteiger partial charge is 0.375 e. The number of halogens is 1. The van der Waals surface area contributed by atoms with E-state index in [-0.39, 0.29) is 18.0 Å². The summed E-state index contributed by atoms with van der Waals surface area (Å²) in [7, 11) is 0. The lowest BCUT2D eigenvalue weighted by molar-refractivity contribution is -0.225. The summed E-state index contributed by atoms with van der Waals surface area (Å²) in [5, 5.41) is 21.8. The lowest BCUT2D eigenvalue weighted by atomic mass is 9.44. The van der Waals surface area contributed by atoms with Crippen molar-refractivity contribution in [3.8, 4) is 0 Å². The number of alkyl halides is 1. The number of rotatable bonds is 3. The SMILES string of the molecule is C[C@@H]1CC2C3CCC4=CC(=O)C=C[C@]4(C)[C@@]3(F)[C@@H](O)C[C@]2(C)[C@@]1(OC(=O)c1ccco1)C(=O)O. The average molecular weight is 473 g/mol. The second-order valence-corrected chi connectivity index (χ2v) is 10.8. The fraction of sp³-hybridized carbons (Fsp3) is 0.577. The molecule has 3 fully saturated rings. The molecule has 182 valence electrons. The Balaban J connectivity index is 1.60. The summed E-state index contributed by atoms with van der Waals surface area (Å²) in [5.74, 6) is -4.28. The number of allylic oxidation sites excluding steroid dienone is 4. The van der Waals surface area contributed by atoms with Crippen LogP contribution in [-0.2, 0) is 14.3 Å². The van der Waals surface area contributed by atoms with Crippen molar-refractivity contribution in [3.05, 3.63) is 48.0 Å². The van der Waals surface area contributed by atoms with E-state index in [0.717, 1.165) is 0 Å². The van der Waals surface area contributed by atoms with Gasteiger partial charge >= 0.3 is 11.9 Å². The van der Waals surface area contributed by atoms with Crippen LogP contribution < -0.4 is 0 Å². The molecule has 8 atom stereocenters. The number of carbonyl (C=O) groups is 3. The zero-order valence-corrected chi connectivity index (χ0v) is 19.4. The molecule has 2 N–H and O–H groups in total. The van der Waals surface area contributed by atoms with E-state index in [1.165, 1.54) is 30.5 Å². The van der Waals surface area contributed by atoms with E-state index < -0.39 is 57.9 Å². The van der Waals surface area contributed by atoms with Gasteiger partial charge in [0.15, 0.2) is 11.5 Å². The van der Waals surface area contributed by atoms with E-state index in [0.29, 0.717) is 24.8 Å². The molecule has 34 heavy (non-hydrogen) atoms. The van der Waals surface area contributed by atoms with Crippen LogP contribution in [-0.4, -0.2) is 45.3 Å². The molecule has 4 aliphatic rings. The first-order chi connectivity index (χ1) is 15.9. The number of hydrogen-bond acceptors (Lipinski definition) is 6. The van der Waals surface area contributed by atoms with Gasteiger partial charge in [-0.05, 0) is 62.8 Å². The Bertz CT molecular complexity index is 1120. The molecule has 0 aliphatic heterocycles. The number of aliphatic hydroxyl groups excluding tert-OH is 1. The van der Waals surface area contributed by atoms with Crippen molar-refractivity contribution in [2.75, 3.05) is 0 Å². The van der Waals surface area contributed by atoms with Crippen LogP contribution in [0.4, 0.5) is 4.39 Å². The predicted molar refractivity (Wildman–Crippen MR) is 117 cm³/mol. The van der Waals surface area contributed by atoms with E-state index in [1.54, 1.807) is 26.8 Å². The highest BCUT2D eigenvalue weighted by atomic mass is 19.1. The van der Waals surface area contributed by atoms with Gasteiger partial charge in [-0.2, -0.15) is 0 Å². The van der Waals surface area contributed by atoms with Gasteiger partial charge in [0.1, 0.15) is 0 Å². The van der Waals surface area contributed by atoms with Crippen LogP contribution in [0.25, 0.3) is 0 Å². The molecule has 2 unspecified atom stereocenters. The number of fused-ring (bicyclic) bond motifs is 5. The van der Waals surface area contributed by atoms with Crippen molar-refractivity contribution in [1.82, 2.24) is 0 Å². The molecule has 4 aliphatic carbocycles. The topological polar surface area (TPSA) is 114 Å². The molecular weight excluding hydrogens is 443 g/mol. The van der Waals surface area contributed by atoms with E-state index in [1.807, 2.05) is 0 Å². The minimum atomic E-state index is -2.09. The Kier molecular flexibility index (Phi) is 4.83. The van der Waals surface area contributed by atoms with Gasteiger partial charge in [-0.25, -0.2) is 14.0 Å². The highest BCUT2D eigenvalue weighted by Crippen LogP contribution is 2.71. The van der Waals surface area contributed by atoms with Crippen molar-refractivity contribution in [2.24, 2.45) is 28.6 Å². The lowest BCUT2D eigenvalue weighted by Gasteiger charge is -2.62. The van der Waals surface area contributed by atoms with Crippen LogP contribution in [0.2, 0.25) is 0 Å². The molecule has 8 heteroatoms. The lowest BCUT2D eigenvalue weighted by Crippen LogP contribution is -2.69. The summed E-state index contributed by atoms with van der Waals surface area (Å²) in [4.78, 5) is 37.7. The molecule has 3 saturated carbocycles. The molecule has 7 nitrogen and oxygen atoms in total. The molecule has 1 heterocycles. The molecule has 5 rings (SSSR count). The van der Waals surface area contributed by atoms with E-state index in [9.17, 15) is 24.6 Å². The Hall–Kier alpha value is -2.74. The van der Waals surface area contributed by atoms with E-state index in [4.69, 9.17) is 9.15 Å². The second-order valence-electron chi connectivity index (χ2n) is 10.8. The summed E-state index contributed by atoms with van der Waals surface area (Å²) < 4.78 is 28.1. The third-order valence-corrected chi connectivity index (χ3v) is 9.47. The predicted octanol–water partition coefficient (Wildman–Crippen LogP) is 3.88. The second kappa shape index (κ2) is 7.13. The first-order valence-electron chi connectivity index (χ1n) is 11.7. The quantitative estimate of drug-likeness (QED) is 0.642. The number of aliphatic carboxylic acids is 1. The van der Waals surface area contributed by atoms with E-state index in [2.05, 4.69) is 0 Å². The van der Waals surface area contributed by atoms with Crippen LogP contribution in [0.3, 0.4) is 0 Å². The Labute approximate surface area is 196 Å². The fourth-order valence-corrected chi connectivity index (χ4v) is 7.84. The van der Waals surface area contributed by atoms with Gasteiger partial charge in [-0.15, -0.1) is 0 Å². The average Bonchev–Trinajstić information content (AvgIpc) is 3.37. The molecule has 0 radical (unpaired) electrons. The van der Waals surface area contributed by atoms with Crippen LogP contribution in [0.1, 0.15) is 57.0 Å². The van der Waals surface area contributed by atoms with Crippen molar-refractivity contribution < 1.29 is 38.1 Å². The molecule has 1 aromatic heterocycles. The summed E-state index contributed by atoms with van der Waals surface area (Å²) in [6.07, 6.45) is 5.12. The van der Waals surface area contributed by atoms with Gasteiger partial charge in [-0.1, -0.05) is 25.5 Å². The molecule has 0 saturated heterocycles. The third-order valence-electron chi connectivity index (χ3n) is 9.47. The highest BCUT2D eigenvalue weighted by Gasteiger charge is 2.77. The maximum Gasteiger partial charge on any atom is 0.375 e. The van der Waals surface area contributed by atoms with Crippen molar-refractivity contribution in [2.45, 2.75) is 63.8 Å². The number of ether oxygens (including phenoxy) is 1. The monoisotopic (exact) mass is 472 g/mol. The zero-order valence-electron chi connectivity index (χ0n) is 19.4. The maximum atomic E-state index is 17.2. The summed E-state index contributed by atoms with van der Waals surface area (Å²) >= 11 is 0. The molecule has 0 amide bonds. The Morgan fingerprint density at radius 1 is 1.26 bits per heavy atom. The van der Waals surface area contributed by atoms with Crippen LogP contribution in [0.5, 0.6) is 0 Å². The van der Waals surface area contributed by atoms with Gasteiger partial charge in [0.2, 0.25) is 11.4 Å². The number of ketones is 1. The van der Waals surface area contributed by atoms with Crippen LogP contribution in [0.15, 0.2) is 46.6 Å². The summed E-state index contributed by atoms with van der Waals surface area (Å²) in [6.45, 7) is 5.11. The maximum absolute atomic E-state index is 17.2. The number of carbonyl (C=O) groups excluding carboxylic acids is 2. The first-order valence-corrected chi connectivity index (χ1v) is 11.7. The number of furan rings is 1. The number of aliphatic hydroxyl groups is 1. The van der Waals surface area contributed by atoms with Gasteiger partial charge in [0, 0.05) is 22.7 Å².